The zero-order valence-corrected chi connectivity index (χ0v) is 10.2. The largest absolute Gasteiger partial charge is 0.466 e. The number of hydrogen-bond acceptors (Lipinski definition) is 5. The van der Waals surface area contributed by atoms with Crippen LogP contribution in [0.15, 0.2) is 11.8 Å². The van der Waals surface area contributed by atoms with Crippen molar-refractivity contribution in [3.8, 4) is 0 Å². The Kier molecular flexibility index (Phi) is 4.35. The molecule has 0 radical (unpaired) electrons. The fourth-order valence-electron chi connectivity index (χ4n) is 1.55. The lowest BCUT2D eigenvalue weighted by Crippen LogP contribution is -2.20. The minimum Gasteiger partial charge on any atom is -0.466 e. The van der Waals surface area contributed by atoms with E-state index in [1.54, 1.807) is 13.0 Å². The van der Waals surface area contributed by atoms with Crippen LogP contribution in [0, 0.1) is 5.92 Å². The Balaban J connectivity index is 2.51. The van der Waals surface area contributed by atoms with E-state index in [0.717, 1.165) is 6.26 Å². The Morgan fingerprint density at radius 3 is 2.69 bits per heavy atom. The van der Waals surface area contributed by atoms with Gasteiger partial charge < -0.3 is 8.92 Å². The SMILES string of the molecule is CCOC(=O)C1CC=C(OS(C)(=O)=O)CC1. The van der Waals surface area contributed by atoms with Gasteiger partial charge >= 0.3 is 16.1 Å². The van der Waals surface area contributed by atoms with Gasteiger partial charge in [-0.25, -0.2) is 0 Å². The summed E-state index contributed by atoms with van der Waals surface area (Å²) in [5.74, 6) is 0.0204. The summed E-state index contributed by atoms with van der Waals surface area (Å²) in [6.07, 6.45) is 4.15. The van der Waals surface area contributed by atoms with E-state index in [0.29, 0.717) is 31.6 Å². The molecular formula is C10H16O5S. The molecular weight excluding hydrogens is 232 g/mol. The molecule has 0 saturated carbocycles. The molecule has 92 valence electrons. The van der Waals surface area contributed by atoms with E-state index >= 15 is 0 Å². The Morgan fingerprint density at radius 2 is 2.25 bits per heavy atom. The van der Waals surface area contributed by atoms with Gasteiger partial charge in [0.25, 0.3) is 0 Å². The second-order valence-corrected chi connectivity index (χ2v) is 5.26. The van der Waals surface area contributed by atoms with Crippen molar-refractivity contribution in [1.29, 1.82) is 0 Å². The van der Waals surface area contributed by atoms with Gasteiger partial charge in [0, 0.05) is 6.42 Å². The van der Waals surface area contributed by atoms with Gasteiger partial charge in [0.15, 0.2) is 0 Å². The molecule has 1 rings (SSSR count). The van der Waals surface area contributed by atoms with E-state index in [9.17, 15) is 13.2 Å². The van der Waals surface area contributed by atoms with Crippen LogP contribution in [-0.2, 0) is 23.8 Å². The molecule has 0 heterocycles. The van der Waals surface area contributed by atoms with E-state index in [-0.39, 0.29) is 11.9 Å². The summed E-state index contributed by atoms with van der Waals surface area (Å²) in [5, 5.41) is 0. The van der Waals surface area contributed by atoms with Crippen LogP contribution in [-0.4, -0.2) is 27.2 Å². The fourth-order valence-corrected chi connectivity index (χ4v) is 2.09. The normalized spacial score (nSPS) is 21.1. The second kappa shape index (κ2) is 5.34. The molecule has 0 saturated heterocycles. The van der Waals surface area contributed by atoms with E-state index in [4.69, 9.17) is 8.92 Å². The fraction of sp³-hybridized carbons (Fsp3) is 0.700. The van der Waals surface area contributed by atoms with E-state index in [2.05, 4.69) is 0 Å². The van der Waals surface area contributed by atoms with Crippen LogP contribution >= 0.6 is 0 Å². The molecule has 6 heteroatoms. The summed E-state index contributed by atoms with van der Waals surface area (Å²) in [4.78, 5) is 11.4. The van der Waals surface area contributed by atoms with Gasteiger partial charge in [0.05, 0.1) is 18.8 Å². The topological polar surface area (TPSA) is 69.7 Å². The van der Waals surface area contributed by atoms with Gasteiger partial charge in [-0.1, -0.05) is 0 Å². The molecule has 0 aromatic carbocycles. The van der Waals surface area contributed by atoms with E-state index < -0.39 is 10.1 Å². The molecule has 1 aliphatic rings. The van der Waals surface area contributed by atoms with Crippen LogP contribution in [0.1, 0.15) is 26.2 Å². The van der Waals surface area contributed by atoms with Crippen molar-refractivity contribution < 1.29 is 22.1 Å². The average molecular weight is 248 g/mol. The summed E-state index contributed by atoms with van der Waals surface area (Å²) in [6.45, 7) is 2.13. The first-order valence-electron chi connectivity index (χ1n) is 5.17. The van der Waals surface area contributed by atoms with E-state index in [1.807, 2.05) is 0 Å². The zero-order chi connectivity index (χ0) is 12.2. The highest BCUT2D eigenvalue weighted by Crippen LogP contribution is 2.26. The maximum Gasteiger partial charge on any atom is 0.309 e. The number of carbonyl (C=O) groups is 1. The first-order valence-corrected chi connectivity index (χ1v) is 6.99. The molecule has 0 spiro atoms. The van der Waals surface area contributed by atoms with Crippen LogP contribution in [0.3, 0.4) is 0 Å². The highest BCUT2D eigenvalue weighted by Gasteiger charge is 2.24. The molecule has 0 aromatic heterocycles. The summed E-state index contributed by atoms with van der Waals surface area (Å²) < 4.78 is 31.4. The van der Waals surface area contributed by atoms with Crippen molar-refractivity contribution in [3.05, 3.63) is 11.8 Å². The summed E-state index contributed by atoms with van der Waals surface area (Å²) >= 11 is 0. The van der Waals surface area contributed by atoms with E-state index in [1.165, 1.54) is 0 Å². The molecule has 0 bridgehead atoms. The summed E-state index contributed by atoms with van der Waals surface area (Å²) in [7, 11) is -3.46. The maximum atomic E-state index is 11.4. The number of rotatable bonds is 4. The van der Waals surface area contributed by atoms with Gasteiger partial charge in [-0.3, -0.25) is 4.79 Å². The lowest BCUT2D eigenvalue weighted by Gasteiger charge is -2.19. The first kappa shape index (κ1) is 13.0. The Bertz CT molecular complexity index is 382. The van der Waals surface area contributed by atoms with Crippen LogP contribution in [0.25, 0.3) is 0 Å². The molecule has 0 aromatic rings. The van der Waals surface area contributed by atoms with Crippen LogP contribution < -0.4 is 0 Å². The quantitative estimate of drug-likeness (QED) is 0.552. The summed E-state index contributed by atoms with van der Waals surface area (Å²) in [5.41, 5.74) is 0. The Morgan fingerprint density at radius 1 is 1.56 bits per heavy atom. The van der Waals surface area contributed by atoms with Crippen molar-refractivity contribution in [3.63, 3.8) is 0 Å². The highest BCUT2D eigenvalue weighted by molar-refractivity contribution is 7.86. The van der Waals surface area contributed by atoms with Gasteiger partial charge in [-0.05, 0) is 25.8 Å². The highest BCUT2D eigenvalue weighted by atomic mass is 32.2. The number of allylic oxidation sites excluding steroid dienone is 2. The van der Waals surface area contributed by atoms with Crippen molar-refractivity contribution in [1.82, 2.24) is 0 Å². The monoisotopic (exact) mass is 248 g/mol. The van der Waals surface area contributed by atoms with Gasteiger partial charge in [0.2, 0.25) is 0 Å². The second-order valence-electron chi connectivity index (χ2n) is 3.68. The molecule has 1 aliphatic carbocycles. The van der Waals surface area contributed by atoms with Crippen LogP contribution in [0.4, 0.5) is 0 Å². The number of ether oxygens (including phenoxy) is 1. The number of esters is 1. The molecule has 0 amide bonds. The first-order chi connectivity index (χ1) is 7.42. The van der Waals surface area contributed by atoms with Crippen molar-refractivity contribution >= 4 is 16.1 Å². The summed E-state index contributed by atoms with van der Waals surface area (Å²) in [6, 6.07) is 0. The third kappa shape index (κ3) is 4.22. The molecule has 1 atom stereocenters. The van der Waals surface area contributed by atoms with Gasteiger partial charge in [0.1, 0.15) is 5.76 Å². The minimum absolute atomic E-state index is 0.174. The molecule has 1 unspecified atom stereocenters. The molecule has 5 nitrogen and oxygen atoms in total. The van der Waals surface area contributed by atoms with Gasteiger partial charge in [-0.2, -0.15) is 8.42 Å². The standard InChI is InChI=1S/C10H16O5S/c1-3-14-10(11)8-4-6-9(7-5-8)15-16(2,12)13/h6,8H,3-5,7H2,1-2H3. The lowest BCUT2D eigenvalue weighted by atomic mass is 9.93. The number of carbonyl (C=O) groups excluding carboxylic acids is 1. The third-order valence-electron chi connectivity index (χ3n) is 2.25. The van der Waals surface area contributed by atoms with Crippen LogP contribution in [0.2, 0.25) is 0 Å². The van der Waals surface area contributed by atoms with Crippen molar-refractivity contribution in [2.45, 2.75) is 26.2 Å². The smallest absolute Gasteiger partial charge is 0.309 e. The third-order valence-corrected chi connectivity index (χ3v) is 2.76. The van der Waals surface area contributed by atoms with Crippen molar-refractivity contribution in [2.75, 3.05) is 12.9 Å². The lowest BCUT2D eigenvalue weighted by molar-refractivity contribution is -0.148. The zero-order valence-electron chi connectivity index (χ0n) is 9.43. The Labute approximate surface area is 95.6 Å². The molecule has 16 heavy (non-hydrogen) atoms. The van der Waals surface area contributed by atoms with Crippen molar-refractivity contribution in [2.24, 2.45) is 5.92 Å². The molecule has 0 N–H and O–H groups in total. The van der Waals surface area contributed by atoms with Crippen LogP contribution in [0.5, 0.6) is 0 Å². The predicted octanol–water partition coefficient (Wildman–Crippen LogP) is 1.21. The predicted molar refractivity (Wildman–Crippen MR) is 58.0 cm³/mol. The van der Waals surface area contributed by atoms with Gasteiger partial charge in [-0.15, -0.1) is 0 Å². The average Bonchev–Trinajstić information content (AvgIpc) is 2.16. The number of hydrogen-bond donors (Lipinski definition) is 0. The molecule has 0 fully saturated rings. The Hall–Kier alpha value is -1.04. The maximum absolute atomic E-state index is 11.4. The molecule has 0 aliphatic heterocycles. The minimum atomic E-state index is -3.46.